The van der Waals surface area contributed by atoms with Gasteiger partial charge in [-0.1, -0.05) is 39.0 Å². The number of ether oxygens (including phenoxy) is 1. The third-order valence-corrected chi connectivity index (χ3v) is 7.30. The Morgan fingerprint density at radius 3 is 2.27 bits per heavy atom. The van der Waals surface area contributed by atoms with Crippen molar-refractivity contribution in [2.75, 3.05) is 24.6 Å². The normalized spacial score (nSPS) is 16.9. The third kappa shape index (κ3) is 5.74. The summed E-state index contributed by atoms with van der Waals surface area (Å²) in [6, 6.07) is 18.0. The van der Waals surface area contributed by atoms with E-state index in [1.54, 1.807) is 18.3 Å². The lowest BCUT2D eigenvalue weighted by atomic mass is 9.84. The van der Waals surface area contributed by atoms with E-state index in [9.17, 15) is 14.7 Å². The summed E-state index contributed by atoms with van der Waals surface area (Å²) >= 11 is 0. The molecule has 1 amide bonds. The van der Waals surface area contributed by atoms with Crippen molar-refractivity contribution in [3.05, 3.63) is 94.8 Å². The van der Waals surface area contributed by atoms with Crippen LogP contribution in [0.4, 0.5) is 5.69 Å². The Kier molecular flexibility index (Phi) is 8.62. The molecule has 1 fully saturated rings. The summed E-state index contributed by atoms with van der Waals surface area (Å²) in [5.74, 6) is -0.844. The molecule has 1 aliphatic heterocycles. The van der Waals surface area contributed by atoms with E-state index in [4.69, 9.17) is 4.74 Å². The van der Waals surface area contributed by atoms with E-state index in [2.05, 4.69) is 44.5 Å². The van der Waals surface area contributed by atoms with Crippen molar-refractivity contribution in [3.63, 3.8) is 0 Å². The first-order valence-electron chi connectivity index (χ1n) is 13.9. The molecule has 3 aromatic rings. The van der Waals surface area contributed by atoms with E-state index >= 15 is 0 Å². The number of rotatable bonds is 9. The Labute approximate surface area is 237 Å². The second-order valence-electron chi connectivity index (χ2n) is 10.9. The lowest BCUT2D eigenvalue weighted by molar-refractivity contribution is -0.140. The van der Waals surface area contributed by atoms with Gasteiger partial charge in [-0.25, -0.2) is 0 Å². The summed E-state index contributed by atoms with van der Waals surface area (Å²) in [7, 11) is 0. The minimum Gasteiger partial charge on any atom is -0.507 e. The molecule has 1 unspecified atom stereocenters. The highest BCUT2D eigenvalue weighted by atomic mass is 16.5. The minimum absolute atomic E-state index is 0.0699. The number of hydrogen-bond donors (Lipinski definition) is 1. The smallest absolute Gasteiger partial charge is 0.296 e. The first-order chi connectivity index (χ1) is 19.1. The van der Waals surface area contributed by atoms with Crippen LogP contribution >= 0.6 is 0 Å². The molecule has 7 heteroatoms. The summed E-state index contributed by atoms with van der Waals surface area (Å²) in [5, 5.41) is 11.7. The number of amides is 1. The number of ketones is 1. The van der Waals surface area contributed by atoms with Crippen molar-refractivity contribution < 1.29 is 19.4 Å². The van der Waals surface area contributed by atoms with Gasteiger partial charge in [-0.15, -0.1) is 0 Å². The van der Waals surface area contributed by atoms with Gasteiger partial charge >= 0.3 is 0 Å². The summed E-state index contributed by atoms with van der Waals surface area (Å²) in [6.07, 6.45) is 1.66. The molecule has 2 heterocycles. The number of nitrogens with zero attached hydrogens (tertiary/aromatic N) is 3. The molecule has 210 valence electrons. The molecule has 0 spiro atoms. The molecule has 1 aliphatic rings. The lowest BCUT2D eigenvalue weighted by Gasteiger charge is -2.27. The number of pyridine rings is 1. The summed E-state index contributed by atoms with van der Waals surface area (Å²) < 4.78 is 5.85. The van der Waals surface area contributed by atoms with Gasteiger partial charge in [-0.3, -0.25) is 14.6 Å². The van der Waals surface area contributed by atoms with Crippen molar-refractivity contribution in [2.45, 2.75) is 59.5 Å². The number of carbonyl (C=O) groups is 2. The van der Waals surface area contributed by atoms with E-state index in [-0.39, 0.29) is 23.3 Å². The van der Waals surface area contributed by atoms with Crippen LogP contribution in [0.1, 0.15) is 70.0 Å². The lowest BCUT2D eigenvalue weighted by Crippen LogP contribution is -2.29. The number of anilines is 1. The summed E-state index contributed by atoms with van der Waals surface area (Å²) in [5.41, 5.74) is 3.62. The molecule has 4 rings (SSSR count). The van der Waals surface area contributed by atoms with Crippen LogP contribution in [-0.2, 0) is 21.5 Å². The van der Waals surface area contributed by atoms with Crippen LogP contribution in [0.25, 0.3) is 5.76 Å². The summed E-state index contributed by atoms with van der Waals surface area (Å²) in [4.78, 5) is 35.1. The molecular weight excluding hydrogens is 502 g/mol. The molecule has 40 heavy (non-hydrogen) atoms. The number of aliphatic hydroxyl groups is 1. The van der Waals surface area contributed by atoms with E-state index in [1.807, 2.05) is 55.5 Å². The molecule has 1 atom stereocenters. The Bertz CT molecular complexity index is 1390. The SMILES string of the molecule is CCOc1ccc(/C(O)=C2/C(=O)C(=O)N(Cc3ccccn3)C2c2ccc(N(CC)CC)cc2)cc1C(C)(C)C. The average Bonchev–Trinajstić information content (AvgIpc) is 3.19. The first kappa shape index (κ1) is 28.9. The van der Waals surface area contributed by atoms with Gasteiger partial charge in [0.1, 0.15) is 11.5 Å². The van der Waals surface area contributed by atoms with Gasteiger partial charge in [0.25, 0.3) is 11.7 Å². The molecule has 1 aromatic heterocycles. The van der Waals surface area contributed by atoms with Crippen molar-refractivity contribution >= 4 is 23.1 Å². The molecule has 0 radical (unpaired) electrons. The summed E-state index contributed by atoms with van der Waals surface area (Å²) in [6.45, 7) is 14.7. The standard InChI is InChI=1S/C33H39N3O4/c1-7-35(8-2)25-16-13-22(14-17-25)29-28(31(38)32(39)36(29)21-24-12-10-11-19-34-24)30(37)23-15-18-27(40-9-3)26(20-23)33(4,5)6/h10-20,29,37H,7-9,21H2,1-6H3/b30-28-. The second kappa shape index (κ2) is 11.9. The van der Waals surface area contributed by atoms with Crippen LogP contribution in [0.2, 0.25) is 0 Å². The monoisotopic (exact) mass is 541 g/mol. The zero-order valence-corrected chi connectivity index (χ0v) is 24.3. The van der Waals surface area contributed by atoms with E-state index in [1.165, 1.54) is 4.90 Å². The largest absolute Gasteiger partial charge is 0.507 e. The number of likely N-dealkylation sites (tertiary alicyclic amines) is 1. The van der Waals surface area contributed by atoms with Gasteiger partial charge in [-0.05, 0) is 74.2 Å². The Balaban J connectivity index is 1.87. The van der Waals surface area contributed by atoms with Gasteiger partial charge in [0.05, 0.1) is 30.5 Å². The predicted octanol–water partition coefficient (Wildman–Crippen LogP) is 6.25. The van der Waals surface area contributed by atoms with Crippen LogP contribution in [0.3, 0.4) is 0 Å². The number of aromatic nitrogens is 1. The van der Waals surface area contributed by atoms with Crippen molar-refractivity contribution in [3.8, 4) is 5.75 Å². The highest BCUT2D eigenvalue weighted by molar-refractivity contribution is 6.46. The minimum atomic E-state index is -0.766. The molecule has 0 aliphatic carbocycles. The van der Waals surface area contributed by atoms with Gasteiger partial charge < -0.3 is 19.6 Å². The van der Waals surface area contributed by atoms with Gasteiger partial charge in [0.15, 0.2) is 0 Å². The van der Waals surface area contributed by atoms with Crippen LogP contribution in [0, 0.1) is 0 Å². The van der Waals surface area contributed by atoms with Gasteiger partial charge in [0, 0.05) is 36.1 Å². The molecule has 0 bridgehead atoms. The number of carbonyl (C=O) groups excluding carboxylic acids is 2. The number of aliphatic hydroxyl groups excluding tert-OH is 1. The van der Waals surface area contributed by atoms with E-state index in [0.29, 0.717) is 17.9 Å². The highest BCUT2D eigenvalue weighted by Crippen LogP contribution is 2.42. The molecule has 0 saturated carbocycles. The molecule has 1 N–H and O–H groups in total. The third-order valence-electron chi connectivity index (χ3n) is 7.30. The van der Waals surface area contributed by atoms with Crippen molar-refractivity contribution in [1.82, 2.24) is 9.88 Å². The maximum absolute atomic E-state index is 13.6. The van der Waals surface area contributed by atoms with E-state index < -0.39 is 17.7 Å². The predicted molar refractivity (Wildman–Crippen MR) is 158 cm³/mol. The van der Waals surface area contributed by atoms with Crippen LogP contribution < -0.4 is 9.64 Å². The zero-order valence-electron chi connectivity index (χ0n) is 24.3. The maximum atomic E-state index is 13.6. The van der Waals surface area contributed by atoms with Crippen LogP contribution in [-0.4, -0.2) is 46.4 Å². The highest BCUT2D eigenvalue weighted by Gasteiger charge is 2.46. The van der Waals surface area contributed by atoms with E-state index in [0.717, 1.165) is 35.7 Å². The Morgan fingerprint density at radius 1 is 1.00 bits per heavy atom. The van der Waals surface area contributed by atoms with Crippen LogP contribution in [0.5, 0.6) is 5.75 Å². The van der Waals surface area contributed by atoms with Crippen molar-refractivity contribution in [1.29, 1.82) is 0 Å². The number of benzene rings is 2. The fourth-order valence-corrected chi connectivity index (χ4v) is 5.21. The average molecular weight is 542 g/mol. The second-order valence-corrected chi connectivity index (χ2v) is 10.9. The zero-order chi connectivity index (χ0) is 29.0. The molecular formula is C33H39N3O4. The Hall–Kier alpha value is -4.13. The van der Waals surface area contributed by atoms with Crippen LogP contribution in [0.15, 0.2) is 72.4 Å². The van der Waals surface area contributed by atoms with Gasteiger partial charge in [0.2, 0.25) is 0 Å². The fourth-order valence-electron chi connectivity index (χ4n) is 5.21. The molecule has 2 aromatic carbocycles. The molecule has 1 saturated heterocycles. The maximum Gasteiger partial charge on any atom is 0.296 e. The quantitative estimate of drug-likeness (QED) is 0.196. The molecule has 7 nitrogen and oxygen atoms in total. The fraction of sp³-hybridized carbons (Fsp3) is 0.364. The van der Waals surface area contributed by atoms with Crippen molar-refractivity contribution in [2.24, 2.45) is 0 Å². The van der Waals surface area contributed by atoms with Gasteiger partial charge in [-0.2, -0.15) is 0 Å². The Morgan fingerprint density at radius 2 is 1.70 bits per heavy atom. The first-order valence-corrected chi connectivity index (χ1v) is 13.9. The number of Topliss-reactive ketones (excluding diaryl/α,β-unsaturated/α-hetero) is 1. The number of hydrogen-bond acceptors (Lipinski definition) is 6. The topological polar surface area (TPSA) is 83.0 Å².